The molecule has 2 unspecified atom stereocenters. The summed E-state index contributed by atoms with van der Waals surface area (Å²) in [5.41, 5.74) is 0. The molecule has 10 heavy (non-hydrogen) atoms. The van der Waals surface area contributed by atoms with Gasteiger partial charge in [0.25, 0.3) is 0 Å². The van der Waals surface area contributed by atoms with Gasteiger partial charge in [-0.1, -0.05) is 19.7 Å². The summed E-state index contributed by atoms with van der Waals surface area (Å²) in [6.45, 7) is 4.49. The molecule has 1 aliphatic heterocycles. The zero-order valence-electron chi connectivity index (χ0n) is 6.67. The highest BCUT2D eigenvalue weighted by Crippen LogP contribution is 2.17. The fourth-order valence-electron chi connectivity index (χ4n) is 1.43. The predicted molar refractivity (Wildman–Crippen MR) is 47.2 cm³/mol. The summed E-state index contributed by atoms with van der Waals surface area (Å²) in [6, 6.07) is 0.631. The Balaban J connectivity index is 2.38. The fourth-order valence-corrected chi connectivity index (χ4v) is 1.72. The molecule has 1 heterocycles. The lowest BCUT2D eigenvalue weighted by Gasteiger charge is -2.33. The van der Waals surface area contributed by atoms with Crippen molar-refractivity contribution in [2.24, 2.45) is 5.92 Å². The molecule has 0 saturated carbocycles. The second-order valence-electron chi connectivity index (χ2n) is 3.07. The minimum atomic E-state index is 0.631. The van der Waals surface area contributed by atoms with Crippen molar-refractivity contribution in [2.45, 2.75) is 19.4 Å². The van der Waals surface area contributed by atoms with Gasteiger partial charge in [-0.15, -0.1) is 0 Å². The fraction of sp³-hybridized carbons (Fsp3) is 1.00. The quantitative estimate of drug-likeness (QED) is 0.551. The van der Waals surface area contributed by atoms with Gasteiger partial charge in [-0.05, 0) is 19.4 Å². The van der Waals surface area contributed by atoms with Crippen molar-refractivity contribution in [3.63, 3.8) is 0 Å². The predicted octanol–water partition coefficient (Wildman–Crippen LogP) is 0.761. The highest BCUT2D eigenvalue weighted by Gasteiger charge is 2.22. The number of hydrogen-bond donors (Lipinski definition) is 2. The Bertz CT molecular complexity index is 108. The normalized spacial score (nSPS) is 36.3. The molecule has 1 rings (SSSR count). The van der Waals surface area contributed by atoms with E-state index in [1.54, 1.807) is 0 Å². The Hall–Kier alpha value is 0.270. The lowest BCUT2D eigenvalue weighted by molar-refractivity contribution is 0.244. The highest BCUT2D eigenvalue weighted by atomic mass is 32.1. The molecular weight excluding hydrogens is 144 g/mol. The van der Waals surface area contributed by atoms with Crippen LogP contribution < -0.4 is 5.32 Å². The van der Waals surface area contributed by atoms with Crippen LogP contribution in [0.5, 0.6) is 0 Å². The van der Waals surface area contributed by atoms with Crippen molar-refractivity contribution < 1.29 is 0 Å². The molecule has 2 nitrogen and oxygen atoms in total. The Morgan fingerprint density at radius 1 is 1.60 bits per heavy atom. The van der Waals surface area contributed by atoms with Crippen molar-refractivity contribution in [1.29, 1.82) is 0 Å². The van der Waals surface area contributed by atoms with Crippen LogP contribution in [0.15, 0.2) is 0 Å². The minimum absolute atomic E-state index is 0.631. The van der Waals surface area contributed by atoms with Gasteiger partial charge in [-0.25, -0.2) is 0 Å². The van der Waals surface area contributed by atoms with Gasteiger partial charge in [0.15, 0.2) is 0 Å². The van der Waals surface area contributed by atoms with E-state index in [-0.39, 0.29) is 0 Å². The zero-order valence-corrected chi connectivity index (χ0v) is 7.56. The number of thiol groups is 1. The van der Waals surface area contributed by atoms with Crippen LogP contribution in [-0.2, 0) is 0 Å². The second kappa shape index (κ2) is 3.60. The molecule has 60 valence electrons. The number of hydrogen-bond acceptors (Lipinski definition) is 3. The van der Waals surface area contributed by atoms with Crippen molar-refractivity contribution in [1.82, 2.24) is 9.62 Å². The summed E-state index contributed by atoms with van der Waals surface area (Å²) in [5, 5.41) is 3.29. The third-order valence-corrected chi connectivity index (χ3v) is 2.67. The van der Waals surface area contributed by atoms with E-state index in [1.165, 1.54) is 6.42 Å². The maximum atomic E-state index is 4.31. The minimum Gasteiger partial charge on any atom is -0.315 e. The zero-order chi connectivity index (χ0) is 7.56. The number of rotatable bonds is 1. The maximum Gasteiger partial charge on any atom is 0.0244 e. The average molecular weight is 160 g/mol. The SMILES string of the molecule is CNC1CN(S)CCC1C. The molecule has 1 saturated heterocycles. The van der Waals surface area contributed by atoms with E-state index >= 15 is 0 Å². The van der Waals surface area contributed by atoms with Crippen LogP contribution in [0.25, 0.3) is 0 Å². The van der Waals surface area contributed by atoms with Crippen LogP contribution in [0.3, 0.4) is 0 Å². The van der Waals surface area contributed by atoms with Crippen molar-refractivity contribution in [2.75, 3.05) is 20.1 Å². The van der Waals surface area contributed by atoms with Crippen LogP contribution in [0, 0.1) is 5.92 Å². The van der Waals surface area contributed by atoms with E-state index in [2.05, 4.69) is 29.4 Å². The molecule has 0 aromatic rings. The highest BCUT2D eigenvalue weighted by molar-refractivity contribution is 7.77. The monoisotopic (exact) mass is 160 g/mol. The summed E-state index contributed by atoms with van der Waals surface area (Å²) in [5.74, 6) is 0.799. The Morgan fingerprint density at radius 3 is 2.80 bits per heavy atom. The van der Waals surface area contributed by atoms with E-state index in [4.69, 9.17) is 0 Å². The third-order valence-electron chi connectivity index (χ3n) is 2.31. The van der Waals surface area contributed by atoms with Gasteiger partial charge >= 0.3 is 0 Å². The summed E-state index contributed by atoms with van der Waals surface area (Å²) < 4.78 is 2.08. The first-order valence-corrected chi connectivity index (χ1v) is 4.25. The van der Waals surface area contributed by atoms with Crippen LogP contribution in [0.1, 0.15) is 13.3 Å². The molecular formula is C7H16N2S. The first-order valence-electron chi connectivity index (χ1n) is 3.85. The molecule has 3 heteroatoms. The van der Waals surface area contributed by atoms with Gasteiger partial charge in [0.2, 0.25) is 0 Å². The van der Waals surface area contributed by atoms with Gasteiger partial charge in [-0.3, -0.25) is 4.31 Å². The molecule has 1 fully saturated rings. The lowest BCUT2D eigenvalue weighted by Crippen LogP contribution is -2.45. The van der Waals surface area contributed by atoms with Gasteiger partial charge < -0.3 is 5.32 Å². The molecule has 1 aliphatic rings. The molecule has 0 aliphatic carbocycles. The number of piperidine rings is 1. The maximum absolute atomic E-state index is 4.31. The van der Waals surface area contributed by atoms with Gasteiger partial charge in [0, 0.05) is 19.1 Å². The van der Waals surface area contributed by atoms with E-state index < -0.39 is 0 Å². The summed E-state index contributed by atoms with van der Waals surface area (Å²) in [7, 11) is 2.02. The van der Waals surface area contributed by atoms with E-state index in [0.29, 0.717) is 6.04 Å². The summed E-state index contributed by atoms with van der Waals surface area (Å²) in [6.07, 6.45) is 1.26. The molecule has 2 atom stereocenters. The lowest BCUT2D eigenvalue weighted by atomic mass is 9.95. The average Bonchev–Trinajstić information content (AvgIpc) is 1.94. The molecule has 0 bridgehead atoms. The van der Waals surface area contributed by atoms with Crippen molar-refractivity contribution in [3.8, 4) is 0 Å². The number of nitrogens with zero attached hydrogens (tertiary/aromatic N) is 1. The van der Waals surface area contributed by atoms with Crippen molar-refractivity contribution in [3.05, 3.63) is 0 Å². The Kier molecular flexibility index (Phi) is 3.01. The Labute approximate surface area is 68.5 Å². The van der Waals surface area contributed by atoms with Crippen molar-refractivity contribution >= 4 is 12.8 Å². The molecule has 0 radical (unpaired) electrons. The van der Waals surface area contributed by atoms with Crippen LogP contribution in [-0.4, -0.2) is 30.5 Å². The molecule has 0 aromatic heterocycles. The first-order chi connectivity index (χ1) is 4.74. The van der Waals surface area contributed by atoms with E-state index in [1.807, 2.05) is 7.05 Å². The molecule has 0 aromatic carbocycles. The first kappa shape index (κ1) is 8.37. The van der Waals surface area contributed by atoms with Crippen LogP contribution in [0.2, 0.25) is 0 Å². The molecule has 1 N–H and O–H groups in total. The van der Waals surface area contributed by atoms with Gasteiger partial charge in [0.05, 0.1) is 0 Å². The topological polar surface area (TPSA) is 15.3 Å². The number of nitrogens with one attached hydrogen (secondary N) is 1. The third kappa shape index (κ3) is 1.87. The van der Waals surface area contributed by atoms with Gasteiger partial charge in [0.1, 0.15) is 0 Å². The van der Waals surface area contributed by atoms with Gasteiger partial charge in [-0.2, -0.15) is 0 Å². The summed E-state index contributed by atoms with van der Waals surface area (Å²) in [4.78, 5) is 0. The van der Waals surface area contributed by atoms with E-state index in [9.17, 15) is 0 Å². The molecule has 0 spiro atoms. The largest absolute Gasteiger partial charge is 0.315 e. The Morgan fingerprint density at radius 2 is 2.30 bits per heavy atom. The second-order valence-corrected chi connectivity index (χ2v) is 3.64. The van der Waals surface area contributed by atoms with E-state index in [0.717, 1.165) is 19.0 Å². The summed E-state index contributed by atoms with van der Waals surface area (Å²) >= 11 is 4.31. The standard InChI is InChI=1S/C7H16N2S/c1-6-3-4-9(10)5-7(6)8-2/h6-8,10H,3-5H2,1-2H3. The van der Waals surface area contributed by atoms with Crippen LogP contribution >= 0.6 is 12.8 Å². The van der Waals surface area contributed by atoms with Crippen LogP contribution in [0.4, 0.5) is 0 Å². The molecule has 0 amide bonds. The number of likely N-dealkylation sites (N-methyl/N-ethyl adjacent to an activating group) is 1. The smallest absolute Gasteiger partial charge is 0.0244 e.